The molecule has 2 heterocycles. The third kappa shape index (κ3) is 5.15. The van der Waals surface area contributed by atoms with Crippen molar-refractivity contribution in [2.24, 2.45) is 5.92 Å². The van der Waals surface area contributed by atoms with E-state index in [1.54, 1.807) is 0 Å². The molecule has 1 saturated heterocycles. The lowest BCUT2D eigenvalue weighted by atomic mass is 9.98. The Hall–Kier alpha value is -2.41. The molecule has 2 atom stereocenters. The second kappa shape index (κ2) is 8.53. The smallest absolute Gasteiger partial charge is 0.416 e. The van der Waals surface area contributed by atoms with Crippen LogP contribution in [0.5, 0.6) is 17.2 Å². The van der Waals surface area contributed by atoms with Crippen molar-refractivity contribution in [2.75, 3.05) is 32.8 Å². The maximum atomic E-state index is 12.6. The van der Waals surface area contributed by atoms with Crippen LogP contribution in [0.15, 0.2) is 48.5 Å². The minimum atomic E-state index is -4.33. The summed E-state index contributed by atoms with van der Waals surface area (Å²) in [5.41, 5.74) is -0.662. The van der Waals surface area contributed by atoms with Crippen LogP contribution in [0.4, 0.5) is 13.2 Å². The molecule has 2 aromatic carbocycles. The quantitative estimate of drug-likeness (QED) is 0.723. The lowest BCUT2D eigenvalue weighted by molar-refractivity contribution is -0.137. The molecule has 1 unspecified atom stereocenters. The standard InChI is InChI=1S/C22H24F3NO3/c23-22(24,25)17-7-9-18(10-8-17)27-14-16-4-3-11-26(12-16)13-19-15-28-20-5-1-2-6-21(20)29-19/h1-2,5-10,16,19H,3-4,11-15H2/t16?,19-/m1/s1. The summed E-state index contributed by atoms with van der Waals surface area (Å²) in [5.74, 6) is 2.37. The van der Waals surface area contributed by atoms with E-state index in [4.69, 9.17) is 14.2 Å². The Balaban J connectivity index is 1.26. The summed E-state index contributed by atoms with van der Waals surface area (Å²) in [6.07, 6.45) is -2.24. The van der Waals surface area contributed by atoms with Crippen molar-refractivity contribution in [3.05, 3.63) is 54.1 Å². The van der Waals surface area contributed by atoms with E-state index in [-0.39, 0.29) is 6.10 Å². The molecular formula is C22H24F3NO3. The van der Waals surface area contributed by atoms with Crippen LogP contribution in [0.25, 0.3) is 0 Å². The van der Waals surface area contributed by atoms with E-state index in [0.29, 0.717) is 24.9 Å². The molecule has 0 aromatic heterocycles. The summed E-state index contributed by atoms with van der Waals surface area (Å²) in [7, 11) is 0. The van der Waals surface area contributed by atoms with Gasteiger partial charge in [-0.2, -0.15) is 13.2 Å². The first-order chi connectivity index (χ1) is 14.0. The highest BCUT2D eigenvalue weighted by Gasteiger charge is 2.30. The van der Waals surface area contributed by atoms with Crippen molar-refractivity contribution in [2.45, 2.75) is 25.1 Å². The Labute approximate surface area is 168 Å². The van der Waals surface area contributed by atoms with Crippen LogP contribution in [0, 0.1) is 5.92 Å². The number of halogens is 3. The van der Waals surface area contributed by atoms with E-state index in [0.717, 1.165) is 56.1 Å². The van der Waals surface area contributed by atoms with Gasteiger partial charge in [-0.15, -0.1) is 0 Å². The van der Waals surface area contributed by atoms with Crippen LogP contribution >= 0.6 is 0 Å². The molecule has 2 aliphatic rings. The summed E-state index contributed by atoms with van der Waals surface area (Å²) in [6.45, 7) is 3.68. The Morgan fingerprint density at radius 2 is 1.79 bits per heavy atom. The molecule has 156 valence electrons. The molecule has 1 fully saturated rings. The van der Waals surface area contributed by atoms with Crippen LogP contribution in [0.2, 0.25) is 0 Å². The fraction of sp³-hybridized carbons (Fsp3) is 0.455. The van der Waals surface area contributed by atoms with E-state index in [2.05, 4.69) is 4.90 Å². The third-order valence-corrected chi connectivity index (χ3v) is 5.30. The number of nitrogens with zero attached hydrogens (tertiary/aromatic N) is 1. The van der Waals surface area contributed by atoms with Gasteiger partial charge in [0.2, 0.25) is 0 Å². The number of fused-ring (bicyclic) bond motifs is 1. The SMILES string of the molecule is FC(F)(F)c1ccc(OCC2CCCN(C[C@@H]3COc4ccccc4O3)C2)cc1. The largest absolute Gasteiger partial charge is 0.493 e. The average molecular weight is 407 g/mol. The van der Waals surface area contributed by atoms with Crippen molar-refractivity contribution in [1.82, 2.24) is 4.90 Å². The van der Waals surface area contributed by atoms with Crippen molar-refractivity contribution < 1.29 is 27.4 Å². The average Bonchev–Trinajstić information content (AvgIpc) is 2.72. The van der Waals surface area contributed by atoms with Gasteiger partial charge in [0.15, 0.2) is 11.5 Å². The number of hydrogen-bond donors (Lipinski definition) is 0. The van der Waals surface area contributed by atoms with Crippen LogP contribution in [-0.2, 0) is 6.18 Å². The predicted octanol–water partition coefficient (Wildman–Crippen LogP) is 4.64. The highest BCUT2D eigenvalue weighted by atomic mass is 19.4. The zero-order valence-electron chi connectivity index (χ0n) is 16.0. The summed E-state index contributed by atoms with van der Waals surface area (Å²) >= 11 is 0. The summed E-state index contributed by atoms with van der Waals surface area (Å²) in [5, 5.41) is 0. The van der Waals surface area contributed by atoms with Gasteiger partial charge in [0.05, 0.1) is 12.2 Å². The molecular weight excluding hydrogens is 383 g/mol. The molecule has 0 bridgehead atoms. The number of hydrogen-bond acceptors (Lipinski definition) is 4. The van der Waals surface area contributed by atoms with Crippen LogP contribution in [0.1, 0.15) is 18.4 Å². The fourth-order valence-electron chi connectivity index (χ4n) is 3.85. The van der Waals surface area contributed by atoms with Gasteiger partial charge in [-0.3, -0.25) is 4.90 Å². The van der Waals surface area contributed by atoms with Crippen LogP contribution < -0.4 is 14.2 Å². The van der Waals surface area contributed by atoms with Gasteiger partial charge in [0.25, 0.3) is 0 Å². The van der Waals surface area contributed by atoms with E-state index in [9.17, 15) is 13.2 Å². The lowest BCUT2D eigenvalue weighted by Crippen LogP contribution is -2.45. The highest BCUT2D eigenvalue weighted by molar-refractivity contribution is 5.40. The molecule has 0 spiro atoms. The number of rotatable bonds is 5. The van der Waals surface area contributed by atoms with Gasteiger partial charge in [-0.05, 0) is 55.8 Å². The Kier molecular flexibility index (Phi) is 5.85. The predicted molar refractivity (Wildman–Crippen MR) is 102 cm³/mol. The minimum Gasteiger partial charge on any atom is -0.493 e. The maximum absolute atomic E-state index is 12.6. The summed E-state index contributed by atoms with van der Waals surface area (Å²) in [6, 6.07) is 12.6. The number of piperidine rings is 1. The molecule has 0 N–H and O–H groups in total. The maximum Gasteiger partial charge on any atom is 0.416 e. The third-order valence-electron chi connectivity index (χ3n) is 5.30. The number of ether oxygens (including phenoxy) is 3. The van der Waals surface area contributed by atoms with Crippen molar-refractivity contribution in [3.8, 4) is 17.2 Å². The van der Waals surface area contributed by atoms with E-state index >= 15 is 0 Å². The molecule has 0 aliphatic carbocycles. The summed E-state index contributed by atoms with van der Waals surface area (Å²) < 4.78 is 55.5. The molecule has 2 aromatic rings. The van der Waals surface area contributed by atoms with Gasteiger partial charge in [-0.1, -0.05) is 12.1 Å². The van der Waals surface area contributed by atoms with Crippen LogP contribution in [0.3, 0.4) is 0 Å². The molecule has 7 heteroatoms. The van der Waals surface area contributed by atoms with E-state index < -0.39 is 11.7 Å². The number of para-hydroxylation sites is 2. The fourth-order valence-corrected chi connectivity index (χ4v) is 3.85. The topological polar surface area (TPSA) is 30.9 Å². The molecule has 0 radical (unpaired) electrons. The zero-order chi connectivity index (χ0) is 20.3. The first-order valence-corrected chi connectivity index (χ1v) is 9.88. The first-order valence-electron chi connectivity index (χ1n) is 9.88. The summed E-state index contributed by atoms with van der Waals surface area (Å²) in [4.78, 5) is 2.35. The number of likely N-dealkylation sites (tertiary alicyclic amines) is 1. The van der Waals surface area contributed by atoms with Gasteiger partial charge in [0, 0.05) is 19.0 Å². The Bertz CT molecular complexity index is 810. The van der Waals surface area contributed by atoms with Gasteiger partial charge in [-0.25, -0.2) is 0 Å². The van der Waals surface area contributed by atoms with E-state index in [1.165, 1.54) is 12.1 Å². The zero-order valence-corrected chi connectivity index (χ0v) is 16.0. The lowest BCUT2D eigenvalue weighted by Gasteiger charge is -2.36. The number of benzene rings is 2. The van der Waals surface area contributed by atoms with Crippen molar-refractivity contribution >= 4 is 0 Å². The normalized spacial score (nSPS) is 22.3. The molecule has 0 saturated carbocycles. The number of alkyl halides is 3. The minimum absolute atomic E-state index is 0.0144. The highest BCUT2D eigenvalue weighted by Crippen LogP contribution is 2.32. The molecule has 2 aliphatic heterocycles. The van der Waals surface area contributed by atoms with Crippen LogP contribution in [-0.4, -0.2) is 43.9 Å². The van der Waals surface area contributed by atoms with Crippen molar-refractivity contribution in [3.63, 3.8) is 0 Å². The van der Waals surface area contributed by atoms with Gasteiger partial charge < -0.3 is 14.2 Å². The molecule has 4 nitrogen and oxygen atoms in total. The molecule has 0 amide bonds. The first kappa shape index (κ1) is 19.9. The second-order valence-electron chi connectivity index (χ2n) is 7.60. The van der Waals surface area contributed by atoms with E-state index in [1.807, 2.05) is 24.3 Å². The van der Waals surface area contributed by atoms with Gasteiger partial charge >= 0.3 is 6.18 Å². The second-order valence-corrected chi connectivity index (χ2v) is 7.60. The monoisotopic (exact) mass is 407 g/mol. The van der Waals surface area contributed by atoms with Gasteiger partial charge in [0.1, 0.15) is 18.5 Å². The van der Waals surface area contributed by atoms with Crippen molar-refractivity contribution in [1.29, 1.82) is 0 Å². The molecule has 4 rings (SSSR count). The Morgan fingerprint density at radius 3 is 2.55 bits per heavy atom. The Morgan fingerprint density at radius 1 is 1.03 bits per heavy atom. The molecule has 29 heavy (non-hydrogen) atoms.